The normalized spacial score (nSPS) is 18.2. The van der Waals surface area contributed by atoms with Gasteiger partial charge >= 0.3 is 0 Å². The van der Waals surface area contributed by atoms with E-state index in [1.807, 2.05) is 18.2 Å². The third kappa shape index (κ3) is 4.14. The summed E-state index contributed by atoms with van der Waals surface area (Å²) in [7, 11) is 0. The lowest BCUT2D eigenvalue weighted by Gasteiger charge is -2.33. The Hall–Kier alpha value is -2.44. The van der Waals surface area contributed by atoms with E-state index in [0.717, 1.165) is 48.6 Å². The first-order chi connectivity index (χ1) is 15.6. The molecule has 1 saturated heterocycles. The minimum Gasteiger partial charge on any atom is -0.351 e. The van der Waals surface area contributed by atoms with E-state index in [0.29, 0.717) is 6.04 Å². The monoisotopic (exact) mass is 448 g/mol. The number of carbonyl (C=O) groups excluding carboxylic acids is 1. The fraction of sp³-hybridized carbons (Fsp3) is 0.462. The lowest BCUT2D eigenvalue weighted by molar-refractivity contribution is 0.0953. The molecule has 32 heavy (non-hydrogen) atoms. The highest BCUT2D eigenvalue weighted by molar-refractivity contribution is 7.17. The first-order valence-electron chi connectivity index (χ1n) is 11.9. The Morgan fingerprint density at radius 1 is 1.22 bits per heavy atom. The van der Waals surface area contributed by atoms with Gasteiger partial charge in [0.15, 0.2) is 0 Å². The summed E-state index contributed by atoms with van der Waals surface area (Å²) in [5, 5.41) is 8.00. The highest BCUT2D eigenvalue weighted by Crippen LogP contribution is 2.42. The van der Waals surface area contributed by atoms with E-state index in [1.54, 1.807) is 11.3 Å². The van der Waals surface area contributed by atoms with Gasteiger partial charge in [0.05, 0.1) is 22.0 Å². The average Bonchev–Trinajstić information content (AvgIpc) is 3.39. The van der Waals surface area contributed by atoms with Crippen molar-refractivity contribution in [2.75, 3.05) is 19.6 Å². The molecule has 2 aromatic heterocycles. The molecule has 0 spiro atoms. The summed E-state index contributed by atoms with van der Waals surface area (Å²) >= 11 is 1.62. The van der Waals surface area contributed by atoms with Crippen LogP contribution in [0.4, 0.5) is 0 Å². The van der Waals surface area contributed by atoms with Crippen LogP contribution in [0.15, 0.2) is 36.4 Å². The van der Waals surface area contributed by atoms with Crippen molar-refractivity contribution < 1.29 is 4.79 Å². The van der Waals surface area contributed by atoms with Crippen LogP contribution in [0.3, 0.4) is 0 Å². The Morgan fingerprint density at radius 3 is 2.88 bits per heavy atom. The molecule has 0 unspecified atom stereocenters. The molecular weight excluding hydrogens is 416 g/mol. The second kappa shape index (κ2) is 9.20. The summed E-state index contributed by atoms with van der Waals surface area (Å²) in [6, 6.07) is 13.1. The SMILES string of the molecule is Cc1nn(-c2ccccc2)c2c1-c1sc(C(=O)NCCCN3CCCC[C@@H]3C)cc1CC2. The van der Waals surface area contributed by atoms with Crippen LogP contribution in [0.2, 0.25) is 0 Å². The van der Waals surface area contributed by atoms with E-state index >= 15 is 0 Å². The molecule has 0 bridgehead atoms. The molecule has 0 saturated carbocycles. The molecule has 2 aliphatic rings. The van der Waals surface area contributed by atoms with Gasteiger partial charge in [-0.2, -0.15) is 5.10 Å². The van der Waals surface area contributed by atoms with Gasteiger partial charge in [-0.25, -0.2) is 4.68 Å². The van der Waals surface area contributed by atoms with Crippen LogP contribution in [0.1, 0.15) is 59.2 Å². The molecule has 1 amide bonds. The van der Waals surface area contributed by atoms with E-state index < -0.39 is 0 Å². The highest BCUT2D eigenvalue weighted by Gasteiger charge is 2.27. The van der Waals surface area contributed by atoms with Crippen molar-refractivity contribution in [3.63, 3.8) is 0 Å². The molecule has 1 atom stereocenters. The van der Waals surface area contributed by atoms with Gasteiger partial charge in [-0.15, -0.1) is 11.3 Å². The van der Waals surface area contributed by atoms with Gasteiger partial charge in [-0.3, -0.25) is 4.79 Å². The highest BCUT2D eigenvalue weighted by atomic mass is 32.1. The fourth-order valence-corrected chi connectivity index (χ4v) is 6.38. The number of likely N-dealkylation sites (tertiary alicyclic amines) is 1. The smallest absolute Gasteiger partial charge is 0.261 e. The minimum atomic E-state index is 0.0609. The third-order valence-electron chi connectivity index (χ3n) is 6.90. The standard InChI is InChI=1S/C26H32N4OS/c1-18-9-6-7-15-29(18)16-8-14-27-26(31)23-17-20-12-13-22-24(25(20)32-23)19(2)28-30(22)21-10-4-3-5-11-21/h3-5,10-11,17-18H,6-9,12-16H2,1-2H3,(H,27,31)/t18-/m0/s1. The van der Waals surface area contributed by atoms with Gasteiger partial charge in [0.2, 0.25) is 0 Å². The molecule has 1 aromatic carbocycles. The maximum absolute atomic E-state index is 12.9. The average molecular weight is 449 g/mol. The molecule has 3 heterocycles. The fourth-order valence-electron chi connectivity index (χ4n) is 5.14. The Kier molecular flexibility index (Phi) is 6.15. The molecule has 5 nitrogen and oxygen atoms in total. The number of thiophene rings is 1. The van der Waals surface area contributed by atoms with E-state index in [-0.39, 0.29) is 5.91 Å². The van der Waals surface area contributed by atoms with Crippen LogP contribution < -0.4 is 5.32 Å². The molecule has 0 radical (unpaired) electrons. The maximum Gasteiger partial charge on any atom is 0.261 e. The van der Waals surface area contributed by atoms with Gasteiger partial charge in [0.25, 0.3) is 5.91 Å². The number of aromatic nitrogens is 2. The number of nitrogens with zero attached hydrogens (tertiary/aromatic N) is 3. The number of rotatable bonds is 6. The number of amides is 1. The summed E-state index contributed by atoms with van der Waals surface area (Å²) < 4.78 is 2.08. The molecule has 1 aliphatic heterocycles. The molecule has 3 aromatic rings. The molecule has 5 rings (SSSR count). The van der Waals surface area contributed by atoms with Crippen molar-refractivity contribution in [2.45, 2.75) is 58.4 Å². The van der Waals surface area contributed by atoms with Gasteiger partial charge in [0, 0.05) is 29.6 Å². The maximum atomic E-state index is 12.9. The number of nitrogens with one attached hydrogen (secondary N) is 1. The molecule has 1 fully saturated rings. The predicted molar refractivity (Wildman–Crippen MR) is 131 cm³/mol. The van der Waals surface area contributed by atoms with Gasteiger partial charge in [0.1, 0.15) is 0 Å². The van der Waals surface area contributed by atoms with Crippen LogP contribution in [0.5, 0.6) is 0 Å². The quantitative estimate of drug-likeness (QED) is 0.540. The lowest BCUT2D eigenvalue weighted by Crippen LogP contribution is -2.39. The van der Waals surface area contributed by atoms with Crippen molar-refractivity contribution in [2.24, 2.45) is 0 Å². The summed E-state index contributed by atoms with van der Waals surface area (Å²) in [4.78, 5) is 17.5. The second-order valence-corrected chi connectivity index (χ2v) is 10.2. The van der Waals surface area contributed by atoms with E-state index in [1.165, 1.54) is 47.5 Å². The van der Waals surface area contributed by atoms with Crippen molar-refractivity contribution in [3.8, 4) is 16.1 Å². The third-order valence-corrected chi connectivity index (χ3v) is 8.09. The molecule has 6 heteroatoms. The Balaban J connectivity index is 1.27. The van der Waals surface area contributed by atoms with Crippen LogP contribution >= 0.6 is 11.3 Å². The molecule has 1 aliphatic carbocycles. The predicted octanol–water partition coefficient (Wildman–Crippen LogP) is 5.00. The topological polar surface area (TPSA) is 50.2 Å². The first kappa shape index (κ1) is 21.4. The van der Waals surface area contributed by atoms with Crippen LogP contribution in [-0.4, -0.2) is 46.3 Å². The Bertz CT molecular complexity index is 1100. The molecule has 1 N–H and O–H groups in total. The van der Waals surface area contributed by atoms with Gasteiger partial charge in [-0.05, 0) is 76.3 Å². The van der Waals surface area contributed by atoms with Crippen LogP contribution in [0, 0.1) is 6.92 Å². The number of benzene rings is 1. The zero-order valence-corrected chi connectivity index (χ0v) is 19.9. The van der Waals surface area contributed by atoms with Gasteiger partial charge in [-0.1, -0.05) is 24.6 Å². The number of piperidine rings is 1. The van der Waals surface area contributed by atoms with Gasteiger partial charge < -0.3 is 10.2 Å². The molecule has 168 valence electrons. The van der Waals surface area contributed by atoms with E-state index in [2.05, 4.69) is 46.9 Å². The van der Waals surface area contributed by atoms with E-state index in [4.69, 9.17) is 5.10 Å². The minimum absolute atomic E-state index is 0.0609. The summed E-state index contributed by atoms with van der Waals surface area (Å²) in [6.07, 6.45) is 6.87. The number of hydrogen-bond acceptors (Lipinski definition) is 4. The van der Waals surface area contributed by atoms with Crippen molar-refractivity contribution in [3.05, 3.63) is 58.2 Å². The van der Waals surface area contributed by atoms with Crippen molar-refractivity contribution >= 4 is 17.2 Å². The Labute approximate surface area is 194 Å². The lowest BCUT2D eigenvalue weighted by atomic mass is 9.95. The Morgan fingerprint density at radius 2 is 2.06 bits per heavy atom. The first-order valence-corrected chi connectivity index (χ1v) is 12.7. The zero-order valence-electron chi connectivity index (χ0n) is 19.1. The largest absolute Gasteiger partial charge is 0.351 e. The van der Waals surface area contributed by atoms with Crippen molar-refractivity contribution in [1.29, 1.82) is 0 Å². The van der Waals surface area contributed by atoms with Crippen LogP contribution in [-0.2, 0) is 12.8 Å². The van der Waals surface area contributed by atoms with E-state index in [9.17, 15) is 4.79 Å². The number of carbonyl (C=O) groups is 1. The number of aryl methyl sites for hydroxylation is 2. The number of fused-ring (bicyclic) bond motifs is 3. The molecular formula is C26H32N4OS. The number of para-hydroxylation sites is 1. The van der Waals surface area contributed by atoms with Crippen LogP contribution in [0.25, 0.3) is 16.1 Å². The second-order valence-electron chi connectivity index (χ2n) is 9.11. The summed E-state index contributed by atoms with van der Waals surface area (Å²) in [5.41, 5.74) is 5.89. The number of hydrogen-bond donors (Lipinski definition) is 1. The summed E-state index contributed by atoms with van der Waals surface area (Å²) in [6.45, 7) is 7.41. The zero-order chi connectivity index (χ0) is 22.1. The summed E-state index contributed by atoms with van der Waals surface area (Å²) in [5.74, 6) is 0.0609. The van der Waals surface area contributed by atoms with Crippen molar-refractivity contribution in [1.82, 2.24) is 20.0 Å².